The topological polar surface area (TPSA) is 62.5 Å². The summed E-state index contributed by atoms with van der Waals surface area (Å²) in [4.78, 5) is 13.1. The van der Waals surface area contributed by atoms with Crippen molar-refractivity contribution in [3.8, 4) is 6.07 Å². The van der Waals surface area contributed by atoms with Crippen LogP contribution in [0.25, 0.3) is 32.9 Å². The second-order valence-electron chi connectivity index (χ2n) is 4.96. The fraction of sp³-hybridized carbons (Fsp3) is 0. The van der Waals surface area contributed by atoms with Gasteiger partial charge in [-0.3, -0.25) is 9.97 Å². The van der Waals surface area contributed by atoms with Gasteiger partial charge in [0.25, 0.3) is 0 Å². The minimum Gasteiger partial charge on any atom is -0.253 e. The Kier molecular flexibility index (Phi) is 3.30. The average molecular weight is 314 g/mol. The van der Waals surface area contributed by atoms with Crippen molar-refractivity contribution in [2.24, 2.45) is 0 Å². The third-order valence-electron chi connectivity index (χ3n) is 3.45. The number of fused-ring (bicyclic) bond motifs is 2. The van der Waals surface area contributed by atoms with E-state index in [4.69, 9.17) is 0 Å². The van der Waals surface area contributed by atoms with Crippen molar-refractivity contribution in [1.29, 1.82) is 5.26 Å². The Morgan fingerprint density at radius 2 is 1.83 bits per heavy atom. The molecule has 0 radical (unpaired) electrons. The summed E-state index contributed by atoms with van der Waals surface area (Å²) in [7, 11) is 0. The molecule has 5 heteroatoms. The highest BCUT2D eigenvalue weighted by molar-refractivity contribution is 7.19. The van der Waals surface area contributed by atoms with Gasteiger partial charge in [0.15, 0.2) is 0 Å². The van der Waals surface area contributed by atoms with E-state index in [1.165, 1.54) is 11.3 Å². The second kappa shape index (κ2) is 5.59. The number of thiazole rings is 1. The van der Waals surface area contributed by atoms with Gasteiger partial charge in [-0.15, -0.1) is 11.3 Å². The molecule has 0 fully saturated rings. The number of aromatic nitrogens is 3. The van der Waals surface area contributed by atoms with E-state index < -0.39 is 0 Å². The predicted molar refractivity (Wildman–Crippen MR) is 92.6 cm³/mol. The maximum atomic E-state index is 9.50. The van der Waals surface area contributed by atoms with E-state index in [1.54, 1.807) is 12.4 Å². The molecule has 2 aromatic heterocycles. The monoisotopic (exact) mass is 314 g/mol. The van der Waals surface area contributed by atoms with Gasteiger partial charge in [0.1, 0.15) is 11.1 Å². The number of allylic oxidation sites excluding steroid dienone is 1. The smallest absolute Gasteiger partial charge is 0.135 e. The molecule has 0 bridgehead atoms. The SMILES string of the molecule is N#C/C(=C\c1ccc2nccnc2c1)c1nc2ccccc2s1. The molecular weight excluding hydrogens is 304 g/mol. The van der Waals surface area contributed by atoms with E-state index in [9.17, 15) is 5.26 Å². The van der Waals surface area contributed by atoms with Crippen LogP contribution in [-0.2, 0) is 0 Å². The molecule has 0 aliphatic rings. The minimum atomic E-state index is 0.550. The zero-order valence-electron chi connectivity index (χ0n) is 12.0. The van der Waals surface area contributed by atoms with Crippen LogP contribution in [-0.4, -0.2) is 15.0 Å². The lowest BCUT2D eigenvalue weighted by atomic mass is 10.1. The van der Waals surface area contributed by atoms with Gasteiger partial charge < -0.3 is 0 Å². The van der Waals surface area contributed by atoms with E-state index in [1.807, 2.05) is 48.5 Å². The van der Waals surface area contributed by atoms with Gasteiger partial charge in [-0.25, -0.2) is 4.98 Å². The van der Waals surface area contributed by atoms with Crippen LogP contribution in [0.4, 0.5) is 0 Å². The average Bonchev–Trinajstić information content (AvgIpc) is 3.03. The van der Waals surface area contributed by atoms with Gasteiger partial charge in [-0.1, -0.05) is 18.2 Å². The number of hydrogen-bond acceptors (Lipinski definition) is 5. The molecule has 23 heavy (non-hydrogen) atoms. The van der Waals surface area contributed by atoms with Crippen LogP contribution in [0.5, 0.6) is 0 Å². The van der Waals surface area contributed by atoms with Crippen molar-refractivity contribution in [3.05, 3.63) is 65.4 Å². The fourth-order valence-corrected chi connectivity index (χ4v) is 3.30. The summed E-state index contributed by atoms with van der Waals surface area (Å²) in [5, 5.41) is 10.2. The first kappa shape index (κ1) is 13.6. The molecule has 108 valence electrons. The summed E-state index contributed by atoms with van der Waals surface area (Å²) in [5.41, 5.74) is 4.02. The quantitative estimate of drug-likeness (QED) is 0.517. The molecule has 0 aliphatic heterocycles. The van der Waals surface area contributed by atoms with Crippen LogP contribution in [0.1, 0.15) is 10.6 Å². The van der Waals surface area contributed by atoms with Crippen molar-refractivity contribution in [3.63, 3.8) is 0 Å². The molecule has 0 saturated carbocycles. The molecule has 0 N–H and O–H groups in total. The molecule has 4 rings (SSSR count). The third kappa shape index (κ3) is 2.56. The minimum absolute atomic E-state index is 0.550. The first-order chi connectivity index (χ1) is 11.3. The number of para-hydroxylation sites is 1. The van der Waals surface area contributed by atoms with Gasteiger partial charge in [-0.2, -0.15) is 5.26 Å². The highest BCUT2D eigenvalue weighted by Crippen LogP contribution is 2.28. The maximum Gasteiger partial charge on any atom is 0.135 e. The Bertz CT molecular complexity index is 1060. The summed E-state index contributed by atoms with van der Waals surface area (Å²) in [6.07, 6.45) is 5.17. The third-order valence-corrected chi connectivity index (χ3v) is 4.52. The molecule has 4 nitrogen and oxygen atoms in total. The normalized spacial score (nSPS) is 11.7. The molecule has 2 aromatic carbocycles. The highest BCUT2D eigenvalue weighted by Gasteiger charge is 2.08. The zero-order chi connectivity index (χ0) is 15.6. The number of benzene rings is 2. The van der Waals surface area contributed by atoms with Crippen LogP contribution in [0.2, 0.25) is 0 Å². The van der Waals surface area contributed by atoms with Gasteiger partial charge in [0.05, 0.1) is 26.8 Å². The molecule has 2 heterocycles. The molecular formula is C18H10N4S. The first-order valence-electron chi connectivity index (χ1n) is 7.02. The van der Waals surface area contributed by atoms with E-state index in [-0.39, 0.29) is 0 Å². The molecule has 0 amide bonds. The van der Waals surface area contributed by atoms with E-state index in [0.717, 1.165) is 31.8 Å². The Morgan fingerprint density at radius 1 is 1.00 bits per heavy atom. The lowest BCUT2D eigenvalue weighted by Gasteiger charge is -1.98. The summed E-state index contributed by atoms with van der Waals surface area (Å²) in [6, 6.07) is 15.9. The van der Waals surface area contributed by atoms with Gasteiger partial charge in [0, 0.05) is 12.4 Å². The lowest BCUT2D eigenvalue weighted by Crippen LogP contribution is -1.84. The Labute approximate surface area is 136 Å². The summed E-state index contributed by atoms with van der Waals surface area (Å²) >= 11 is 1.52. The largest absolute Gasteiger partial charge is 0.253 e. The van der Waals surface area contributed by atoms with Crippen molar-refractivity contribution in [2.45, 2.75) is 0 Å². The maximum absolute atomic E-state index is 9.50. The van der Waals surface area contributed by atoms with Crippen molar-refractivity contribution in [2.75, 3.05) is 0 Å². The molecule has 0 aliphatic carbocycles. The Balaban J connectivity index is 1.81. The van der Waals surface area contributed by atoms with E-state index in [2.05, 4.69) is 21.0 Å². The fourth-order valence-electron chi connectivity index (χ4n) is 2.37. The molecule has 0 atom stereocenters. The van der Waals surface area contributed by atoms with Crippen LogP contribution < -0.4 is 0 Å². The van der Waals surface area contributed by atoms with Gasteiger partial charge >= 0.3 is 0 Å². The van der Waals surface area contributed by atoms with Crippen molar-refractivity contribution < 1.29 is 0 Å². The molecule has 0 saturated heterocycles. The van der Waals surface area contributed by atoms with Crippen LogP contribution >= 0.6 is 11.3 Å². The lowest BCUT2D eigenvalue weighted by molar-refractivity contribution is 1.29. The van der Waals surface area contributed by atoms with E-state index >= 15 is 0 Å². The number of nitrogens with zero attached hydrogens (tertiary/aromatic N) is 4. The van der Waals surface area contributed by atoms with E-state index in [0.29, 0.717) is 5.57 Å². The highest BCUT2D eigenvalue weighted by atomic mass is 32.1. The van der Waals surface area contributed by atoms with Crippen LogP contribution in [0.3, 0.4) is 0 Å². The summed E-state index contributed by atoms with van der Waals surface area (Å²) in [5.74, 6) is 0. The standard InChI is InChI=1S/C18H10N4S/c19-11-13(18-22-15-3-1-2-4-17(15)23-18)9-12-5-6-14-16(10-12)21-8-7-20-14/h1-10H/b13-9+. The Hall–Kier alpha value is -3.10. The van der Waals surface area contributed by atoms with Gasteiger partial charge in [0.2, 0.25) is 0 Å². The second-order valence-corrected chi connectivity index (χ2v) is 5.99. The molecule has 0 unspecified atom stereocenters. The Morgan fingerprint density at radius 3 is 2.65 bits per heavy atom. The van der Waals surface area contributed by atoms with Gasteiger partial charge in [-0.05, 0) is 35.9 Å². The van der Waals surface area contributed by atoms with Crippen molar-refractivity contribution in [1.82, 2.24) is 15.0 Å². The number of hydrogen-bond donors (Lipinski definition) is 0. The number of nitriles is 1. The van der Waals surface area contributed by atoms with Crippen molar-refractivity contribution >= 4 is 44.2 Å². The van der Waals surface area contributed by atoms with Crippen LogP contribution in [0.15, 0.2) is 54.9 Å². The number of rotatable bonds is 2. The summed E-state index contributed by atoms with van der Waals surface area (Å²) < 4.78 is 1.08. The molecule has 0 spiro atoms. The first-order valence-corrected chi connectivity index (χ1v) is 7.84. The molecule has 4 aromatic rings. The summed E-state index contributed by atoms with van der Waals surface area (Å²) in [6.45, 7) is 0. The predicted octanol–water partition coefficient (Wildman–Crippen LogP) is 4.30. The van der Waals surface area contributed by atoms with Crippen LogP contribution in [0, 0.1) is 11.3 Å². The zero-order valence-corrected chi connectivity index (χ0v) is 12.8.